The first-order valence-electron chi connectivity index (χ1n) is 14.1. The van der Waals surface area contributed by atoms with Crippen molar-refractivity contribution >= 4 is 29.2 Å². The Hall–Kier alpha value is -3.18. The molecule has 2 heterocycles. The van der Waals surface area contributed by atoms with Gasteiger partial charge in [-0.25, -0.2) is 4.79 Å². The van der Waals surface area contributed by atoms with Crippen LogP contribution in [0.25, 0.3) is 0 Å². The number of rotatable bonds is 12. The van der Waals surface area contributed by atoms with E-state index in [0.717, 1.165) is 56.7 Å². The van der Waals surface area contributed by atoms with Crippen LogP contribution in [0, 0.1) is 11.1 Å². The van der Waals surface area contributed by atoms with Gasteiger partial charge in [-0.3, -0.25) is 4.90 Å². The number of nitrogens with zero attached hydrogens (tertiary/aromatic N) is 2. The first-order chi connectivity index (χ1) is 20.6. The van der Waals surface area contributed by atoms with E-state index in [-0.39, 0.29) is 34.1 Å². The van der Waals surface area contributed by atoms with Crippen molar-refractivity contribution < 1.29 is 37.6 Å². The quantitative estimate of drug-likeness (QED) is 0.145. The van der Waals surface area contributed by atoms with Gasteiger partial charge in [-0.05, 0) is 67.0 Å². The maximum Gasteiger partial charge on any atom is 0.387 e. The number of aromatic nitrogens is 1. The number of hydrogen-bond donors (Lipinski definition) is 1. The van der Waals surface area contributed by atoms with E-state index < -0.39 is 18.7 Å². The second kappa shape index (κ2) is 14.1. The Morgan fingerprint density at radius 3 is 2.33 bits per heavy atom. The number of benzene rings is 2. The summed E-state index contributed by atoms with van der Waals surface area (Å²) < 4.78 is 43.1. The van der Waals surface area contributed by atoms with Crippen molar-refractivity contribution in [2.75, 3.05) is 19.7 Å². The van der Waals surface area contributed by atoms with E-state index in [2.05, 4.69) is 9.64 Å². The molecule has 230 valence electrons. The van der Waals surface area contributed by atoms with Crippen LogP contribution >= 0.6 is 23.2 Å². The zero-order chi connectivity index (χ0) is 30.5. The molecule has 1 saturated carbocycles. The third kappa shape index (κ3) is 8.69. The number of hydrogen-bond acceptors (Lipinski definition) is 7. The number of carbonyl (C=O) groups excluding carboxylic acids is 1. The largest absolute Gasteiger partial charge is 0.619 e. The smallest absolute Gasteiger partial charge is 0.387 e. The monoisotopic (exact) mass is 636 g/mol. The topological polar surface area (TPSA) is 95.2 Å². The van der Waals surface area contributed by atoms with Crippen LogP contribution in [0.15, 0.2) is 54.9 Å². The molecule has 43 heavy (non-hydrogen) atoms. The summed E-state index contributed by atoms with van der Waals surface area (Å²) in [6.07, 6.45) is 4.54. The molecule has 5 rings (SSSR count). The maximum atomic E-state index is 13.4. The Morgan fingerprint density at radius 2 is 1.70 bits per heavy atom. The number of ether oxygens (including phenoxy) is 3. The highest BCUT2D eigenvalue weighted by atomic mass is 35.5. The van der Waals surface area contributed by atoms with E-state index in [1.165, 1.54) is 18.2 Å². The molecule has 1 aromatic heterocycles. The number of piperidine rings is 1. The number of alkyl halides is 2. The minimum Gasteiger partial charge on any atom is -0.619 e. The average Bonchev–Trinajstić information content (AvgIpc) is 3.80. The van der Waals surface area contributed by atoms with Gasteiger partial charge in [0, 0.05) is 31.6 Å². The van der Waals surface area contributed by atoms with Crippen LogP contribution in [0.1, 0.15) is 58.8 Å². The highest BCUT2D eigenvalue weighted by Gasteiger charge is 2.27. The molecule has 1 saturated heterocycles. The summed E-state index contributed by atoms with van der Waals surface area (Å²) in [6.45, 7) is -0.397. The summed E-state index contributed by atoms with van der Waals surface area (Å²) >= 11 is 12.7. The molecule has 0 unspecified atom stereocenters. The van der Waals surface area contributed by atoms with Gasteiger partial charge in [-0.1, -0.05) is 41.4 Å². The summed E-state index contributed by atoms with van der Waals surface area (Å²) in [4.78, 5) is 15.6. The predicted octanol–water partition coefficient (Wildman–Crippen LogP) is 6.11. The Balaban J connectivity index is 1.38. The summed E-state index contributed by atoms with van der Waals surface area (Å²) in [5.74, 6) is -0.301. The van der Waals surface area contributed by atoms with Crippen molar-refractivity contribution in [1.29, 1.82) is 0 Å². The number of aliphatic hydroxyl groups is 1. The van der Waals surface area contributed by atoms with Gasteiger partial charge in [-0.15, -0.1) is 0 Å². The van der Waals surface area contributed by atoms with Crippen molar-refractivity contribution in [1.82, 2.24) is 4.90 Å². The first-order valence-corrected chi connectivity index (χ1v) is 14.9. The van der Waals surface area contributed by atoms with Crippen LogP contribution in [-0.2, 0) is 17.7 Å². The van der Waals surface area contributed by atoms with E-state index in [9.17, 15) is 23.9 Å². The van der Waals surface area contributed by atoms with Gasteiger partial charge >= 0.3 is 12.6 Å². The highest BCUT2D eigenvalue weighted by Crippen LogP contribution is 2.38. The van der Waals surface area contributed by atoms with Gasteiger partial charge in [0.1, 0.15) is 16.1 Å². The lowest BCUT2D eigenvalue weighted by atomic mass is 10.0. The van der Waals surface area contributed by atoms with E-state index in [4.69, 9.17) is 32.7 Å². The Bertz CT molecular complexity index is 1390. The first kappa shape index (κ1) is 31.3. The van der Waals surface area contributed by atoms with Gasteiger partial charge in [0.05, 0.1) is 18.3 Å². The van der Waals surface area contributed by atoms with Crippen molar-refractivity contribution in [2.24, 2.45) is 5.92 Å². The molecule has 1 atom stereocenters. The second-order valence-electron chi connectivity index (χ2n) is 10.9. The van der Waals surface area contributed by atoms with Crippen molar-refractivity contribution in [3.8, 4) is 11.5 Å². The number of aliphatic hydroxyl groups excluding tert-OH is 1. The van der Waals surface area contributed by atoms with E-state index in [1.807, 2.05) is 12.1 Å². The Kier molecular flexibility index (Phi) is 10.2. The minimum atomic E-state index is -3.05. The SMILES string of the molecule is O=C(O[C@@H](Cc1c(Cl)c[n+]([O-])cc1Cl)c1ccc(OC(F)F)c(OCC2CC2)c1)c1ccc(CN2CCC(O)CC2)cc1. The summed E-state index contributed by atoms with van der Waals surface area (Å²) in [6, 6.07) is 11.4. The summed E-state index contributed by atoms with van der Waals surface area (Å²) in [7, 11) is 0. The van der Waals surface area contributed by atoms with Gasteiger partial charge in [0.2, 0.25) is 0 Å². The average molecular weight is 638 g/mol. The Labute approximate surface area is 258 Å². The molecular weight excluding hydrogens is 605 g/mol. The number of pyridine rings is 1. The number of likely N-dealkylation sites (tertiary alicyclic amines) is 1. The zero-order valence-electron chi connectivity index (χ0n) is 23.3. The molecule has 12 heteroatoms. The molecular formula is C31H32Cl2F2N2O6. The molecule has 0 spiro atoms. The van der Waals surface area contributed by atoms with Crippen LogP contribution in [-0.4, -0.2) is 48.4 Å². The number of carbonyl (C=O) groups is 1. The highest BCUT2D eigenvalue weighted by molar-refractivity contribution is 6.35. The lowest BCUT2D eigenvalue weighted by Gasteiger charge is -2.29. The lowest BCUT2D eigenvalue weighted by molar-refractivity contribution is -0.605. The minimum absolute atomic E-state index is 0.000255. The standard InChI is InChI=1S/C31H32Cl2F2N2O6/c32-25-16-37(40)17-26(33)24(25)14-28(22-7-8-27(43-31(34)35)29(13-22)41-18-20-1-2-20)42-30(39)21-5-3-19(4-6-21)15-36-11-9-23(38)10-12-36/h3-8,13,16-17,20,23,28,31,38H,1-2,9-12,14-15,18H2/t28-/m0/s1. The molecule has 0 amide bonds. The molecule has 0 radical (unpaired) electrons. The molecule has 0 bridgehead atoms. The third-order valence-corrected chi connectivity index (χ3v) is 8.23. The molecule has 1 aliphatic carbocycles. The molecule has 2 aliphatic rings. The van der Waals surface area contributed by atoms with Crippen LogP contribution in [0.5, 0.6) is 11.5 Å². The van der Waals surface area contributed by atoms with Gasteiger partial charge in [0.15, 0.2) is 23.9 Å². The number of halogens is 4. The fourth-order valence-electron chi connectivity index (χ4n) is 4.94. The fourth-order valence-corrected chi connectivity index (χ4v) is 5.54. The molecule has 1 N–H and O–H groups in total. The third-order valence-electron chi connectivity index (χ3n) is 7.58. The van der Waals surface area contributed by atoms with E-state index in [0.29, 0.717) is 40.5 Å². The van der Waals surface area contributed by atoms with E-state index in [1.54, 1.807) is 12.1 Å². The predicted molar refractivity (Wildman–Crippen MR) is 156 cm³/mol. The van der Waals surface area contributed by atoms with Crippen LogP contribution in [0.4, 0.5) is 8.78 Å². The summed E-state index contributed by atoms with van der Waals surface area (Å²) in [5.41, 5.74) is 2.15. The van der Waals surface area contributed by atoms with E-state index >= 15 is 0 Å². The van der Waals surface area contributed by atoms with Crippen molar-refractivity contribution in [2.45, 2.75) is 57.5 Å². The molecule has 3 aromatic rings. The second-order valence-corrected chi connectivity index (χ2v) is 11.7. The molecule has 2 aromatic carbocycles. The van der Waals surface area contributed by atoms with Gasteiger partial charge < -0.3 is 24.5 Å². The van der Waals surface area contributed by atoms with Crippen LogP contribution in [0.2, 0.25) is 10.0 Å². The lowest BCUT2D eigenvalue weighted by Crippen LogP contribution is -2.35. The molecule has 8 nitrogen and oxygen atoms in total. The van der Waals surface area contributed by atoms with Gasteiger partial charge in [0.25, 0.3) is 0 Å². The summed E-state index contributed by atoms with van der Waals surface area (Å²) in [5, 5.41) is 21.7. The van der Waals surface area contributed by atoms with Gasteiger partial charge in [-0.2, -0.15) is 13.5 Å². The number of esters is 1. The normalized spacial score (nSPS) is 16.7. The maximum absolute atomic E-state index is 13.4. The van der Waals surface area contributed by atoms with Crippen LogP contribution in [0.3, 0.4) is 0 Å². The van der Waals surface area contributed by atoms with Crippen molar-refractivity contribution in [3.63, 3.8) is 0 Å². The zero-order valence-corrected chi connectivity index (χ0v) is 24.8. The fraction of sp³-hybridized carbons (Fsp3) is 0.419. The Morgan fingerprint density at radius 1 is 1.02 bits per heavy atom. The van der Waals surface area contributed by atoms with Crippen molar-refractivity contribution in [3.05, 3.63) is 92.4 Å². The van der Waals surface area contributed by atoms with Crippen LogP contribution < -0.4 is 14.2 Å². The molecule has 2 fully saturated rings. The molecule has 1 aliphatic heterocycles.